The largest absolute Gasteiger partial charge is 0.337 e. The Labute approximate surface area is 115 Å². The normalized spacial score (nSPS) is 15.8. The lowest BCUT2D eigenvalue weighted by atomic mass is 9.92. The molecule has 1 fully saturated rings. The molecule has 1 aromatic rings. The molecule has 0 unspecified atom stereocenters. The molecule has 0 radical (unpaired) electrons. The minimum atomic E-state index is 0.435. The van der Waals surface area contributed by atoms with Gasteiger partial charge in [0.05, 0.1) is 0 Å². The average molecular weight is 268 g/mol. The van der Waals surface area contributed by atoms with Crippen LogP contribution in [0.2, 0.25) is 0 Å². The molecular weight excluding hydrogens is 246 g/mol. The predicted molar refractivity (Wildman–Crippen MR) is 76.6 cm³/mol. The molecule has 2 rings (SSSR count). The Morgan fingerprint density at radius 3 is 2.61 bits per heavy atom. The van der Waals surface area contributed by atoms with Gasteiger partial charge in [-0.2, -0.15) is 0 Å². The molecule has 0 aliphatic heterocycles. The summed E-state index contributed by atoms with van der Waals surface area (Å²) in [5.41, 5.74) is 2.17. The molecule has 100 valence electrons. The van der Waals surface area contributed by atoms with Crippen molar-refractivity contribution in [1.29, 1.82) is 0 Å². The zero-order chi connectivity index (χ0) is 13.1. The van der Waals surface area contributed by atoms with Gasteiger partial charge in [0, 0.05) is 29.9 Å². The summed E-state index contributed by atoms with van der Waals surface area (Å²) >= 11 is 5.92. The number of hydrogen-bond donors (Lipinski definition) is 0. The summed E-state index contributed by atoms with van der Waals surface area (Å²) in [6, 6.07) is 2.67. The molecule has 0 bridgehead atoms. The van der Waals surface area contributed by atoms with Crippen LogP contribution in [-0.2, 0) is 0 Å². The number of nitrogens with zero attached hydrogens (tertiary/aromatic N) is 3. The van der Waals surface area contributed by atoms with E-state index in [1.54, 1.807) is 0 Å². The fourth-order valence-corrected chi connectivity index (χ4v) is 2.42. The van der Waals surface area contributed by atoms with Crippen molar-refractivity contribution >= 4 is 17.5 Å². The average Bonchev–Trinajstić information content (AvgIpc) is 2.25. The Hall–Kier alpha value is -0.830. The van der Waals surface area contributed by atoms with Crippen LogP contribution in [0.5, 0.6) is 0 Å². The van der Waals surface area contributed by atoms with Crippen LogP contribution in [0.15, 0.2) is 6.07 Å². The molecule has 0 N–H and O–H groups in total. The summed E-state index contributed by atoms with van der Waals surface area (Å²) in [6.45, 7) is 7.21. The van der Waals surface area contributed by atoms with Crippen LogP contribution in [0, 0.1) is 6.92 Å². The van der Waals surface area contributed by atoms with E-state index in [0.717, 1.165) is 23.9 Å². The minimum absolute atomic E-state index is 0.435. The lowest BCUT2D eigenvalue weighted by molar-refractivity contribution is 0.386. The Kier molecular flexibility index (Phi) is 4.44. The van der Waals surface area contributed by atoms with Crippen LogP contribution in [0.1, 0.15) is 50.4 Å². The molecule has 1 aromatic heterocycles. The standard InChI is InChI=1S/C14H22ClN3/c1-10(2)13-9-11(3)16-14(17-13)18(8-7-15)12-5-4-6-12/h9-10,12H,4-8H2,1-3H3. The number of hydrogen-bond acceptors (Lipinski definition) is 3. The Morgan fingerprint density at radius 1 is 1.39 bits per heavy atom. The van der Waals surface area contributed by atoms with E-state index in [2.05, 4.69) is 29.8 Å². The van der Waals surface area contributed by atoms with Crippen LogP contribution in [0.4, 0.5) is 5.95 Å². The van der Waals surface area contributed by atoms with Crippen LogP contribution >= 0.6 is 11.6 Å². The highest BCUT2D eigenvalue weighted by Crippen LogP contribution is 2.28. The second-order valence-corrected chi connectivity index (χ2v) is 5.73. The maximum absolute atomic E-state index is 5.92. The Morgan fingerprint density at radius 2 is 2.11 bits per heavy atom. The van der Waals surface area contributed by atoms with Crippen molar-refractivity contribution < 1.29 is 0 Å². The maximum atomic E-state index is 5.92. The fraction of sp³-hybridized carbons (Fsp3) is 0.714. The maximum Gasteiger partial charge on any atom is 0.226 e. The molecule has 4 heteroatoms. The summed E-state index contributed by atoms with van der Waals surface area (Å²) in [6.07, 6.45) is 3.79. The van der Waals surface area contributed by atoms with Crippen LogP contribution in [0.25, 0.3) is 0 Å². The fourth-order valence-electron chi connectivity index (χ4n) is 2.24. The Bertz CT molecular complexity index is 402. The number of rotatable bonds is 5. The van der Waals surface area contributed by atoms with Gasteiger partial charge in [-0.25, -0.2) is 9.97 Å². The van der Waals surface area contributed by atoms with Crippen molar-refractivity contribution in [1.82, 2.24) is 9.97 Å². The molecule has 1 aliphatic carbocycles. The molecule has 0 amide bonds. The van der Waals surface area contributed by atoms with E-state index >= 15 is 0 Å². The lowest BCUT2D eigenvalue weighted by Gasteiger charge is -2.37. The van der Waals surface area contributed by atoms with Crippen molar-refractivity contribution in [3.63, 3.8) is 0 Å². The first-order chi connectivity index (χ1) is 8.61. The minimum Gasteiger partial charge on any atom is -0.337 e. The molecule has 0 aromatic carbocycles. The first-order valence-electron chi connectivity index (χ1n) is 6.80. The van der Waals surface area contributed by atoms with E-state index < -0.39 is 0 Å². The third kappa shape index (κ3) is 2.94. The first kappa shape index (κ1) is 13.6. The van der Waals surface area contributed by atoms with E-state index in [1.807, 2.05) is 6.92 Å². The molecule has 1 aliphatic rings. The summed E-state index contributed by atoms with van der Waals surface area (Å²) in [7, 11) is 0. The van der Waals surface area contributed by atoms with Crippen molar-refractivity contribution in [3.8, 4) is 0 Å². The van der Waals surface area contributed by atoms with Crippen molar-refractivity contribution in [2.45, 2.75) is 52.0 Å². The number of aryl methyl sites for hydroxylation is 1. The van der Waals surface area contributed by atoms with Crippen molar-refractivity contribution in [3.05, 3.63) is 17.5 Å². The highest BCUT2D eigenvalue weighted by atomic mass is 35.5. The van der Waals surface area contributed by atoms with Crippen molar-refractivity contribution in [2.75, 3.05) is 17.3 Å². The van der Waals surface area contributed by atoms with E-state index in [1.165, 1.54) is 19.3 Å². The van der Waals surface area contributed by atoms with Gasteiger partial charge in [0.25, 0.3) is 0 Å². The van der Waals surface area contributed by atoms with Gasteiger partial charge < -0.3 is 4.90 Å². The smallest absolute Gasteiger partial charge is 0.226 e. The van der Waals surface area contributed by atoms with Gasteiger partial charge in [0.2, 0.25) is 5.95 Å². The number of alkyl halides is 1. The van der Waals surface area contributed by atoms with Gasteiger partial charge in [-0.1, -0.05) is 13.8 Å². The van der Waals surface area contributed by atoms with Crippen LogP contribution in [-0.4, -0.2) is 28.4 Å². The van der Waals surface area contributed by atoms with E-state index in [9.17, 15) is 0 Å². The Balaban J connectivity index is 2.27. The summed E-state index contributed by atoms with van der Waals surface area (Å²) in [4.78, 5) is 11.6. The second-order valence-electron chi connectivity index (χ2n) is 5.36. The van der Waals surface area contributed by atoms with E-state index in [0.29, 0.717) is 17.8 Å². The highest BCUT2D eigenvalue weighted by Gasteiger charge is 2.26. The molecule has 0 spiro atoms. The molecule has 0 saturated heterocycles. The number of halogens is 1. The highest BCUT2D eigenvalue weighted by molar-refractivity contribution is 6.18. The van der Waals surface area contributed by atoms with E-state index in [4.69, 9.17) is 16.6 Å². The monoisotopic (exact) mass is 267 g/mol. The lowest BCUT2D eigenvalue weighted by Crippen LogP contribution is -2.42. The third-order valence-corrected chi connectivity index (χ3v) is 3.72. The molecule has 3 nitrogen and oxygen atoms in total. The van der Waals surface area contributed by atoms with Gasteiger partial charge in [-0.15, -0.1) is 11.6 Å². The molecule has 1 heterocycles. The van der Waals surface area contributed by atoms with Gasteiger partial charge in [-0.05, 0) is 38.2 Å². The molecule has 18 heavy (non-hydrogen) atoms. The first-order valence-corrected chi connectivity index (χ1v) is 7.33. The second kappa shape index (κ2) is 5.87. The number of anilines is 1. The van der Waals surface area contributed by atoms with Gasteiger partial charge >= 0.3 is 0 Å². The molecular formula is C14H22ClN3. The predicted octanol–water partition coefficient (Wildman–Crippen LogP) is 3.51. The van der Waals surface area contributed by atoms with Gasteiger partial charge in [0.15, 0.2) is 0 Å². The summed E-state index contributed by atoms with van der Waals surface area (Å²) in [5.74, 6) is 1.93. The van der Waals surface area contributed by atoms with E-state index in [-0.39, 0.29) is 0 Å². The molecule has 1 saturated carbocycles. The third-order valence-electron chi connectivity index (χ3n) is 3.55. The molecule has 0 atom stereocenters. The van der Waals surface area contributed by atoms with Gasteiger partial charge in [-0.3, -0.25) is 0 Å². The van der Waals surface area contributed by atoms with Crippen LogP contribution in [0.3, 0.4) is 0 Å². The summed E-state index contributed by atoms with van der Waals surface area (Å²) < 4.78 is 0. The topological polar surface area (TPSA) is 29.0 Å². The van der Waals surface area contributed by atoms with Gasteiger partial charge in [0.1, 0.15) is 0 Å². The zero-order valence-electron chi connectivity index (χ0n) is 11.5. The quantitative estimate of drug-likeness (QED) is 0.765. The summed E-state index contributed by atoms with van der Waals surface area (Å²) in [5, 5.41) is 0. The SMILES string of the molecule is Cc1cc(C(C)C)nc(N(CCCl)C2CCC2)n1. The van der Waals surface area contributed by atoms with Crippen molar-refractivity contribution in [2.24, 2.45) is 0 Å². The number of aromatic nitrogens is 2. The van der Waals surface area contributed by atoms with Crippen LogP contribution < -0.4 is 4.90 Å². The zero-order valence-corrected chi connectivity index (χ0v) is 12.2.